The lowest BCUT2D eigenvalue weighted by atomic mass is 9.97. The zero-order valence-corrected chi connectivity index (χ0v) is 12.6. The lowest BCUT2D eigenvalue weighted by Crippen LogP contribution is -2.41. The number of amides is 1. The van der Waals surface area contributed by atoms with Crippen LogP contribution in [0.25, 0.3) is 0 Å². The van der Waals surface area contributed by atoms with Gasteiger partial charge in [0.1, 0.15) is 4.88 Å². The molecule has 1 amide bonds. The highest BCUT2D eigenvalue weighted by atomic mass is 32.1. The number of aryl methyl sites for hydroxylation is 1. The van der Waals surface area contributed by atoms with Crippen molar-refractivity contribution in [3.8, 4) is 0 Å². The van der Waals surface area contributed by atoms with E-state index in [1.807, 2.05) is 4.90 Å². The number of rotatable bonds is 4. The Balaban J connectivity index is 2.01. The predicted octanol–water partition coefficient (Wildman–Crippen LogP) is 1.63. The summed E-state index contributed by atoms with van der Waals surface area (Å²) in [5.41, 5.74) is 6.48. The van der Waals surface area contributed by atoms with Crippen molar-refractivity contribution in [1.82, 2.24) is 14.5 Å². The fraction of sp³-hybridized carbons (Fsp3) is 0.667. The van der Waals surface area contributed by atoms with Crippen LogP contribution in [0.5, 0.6) is 0 Å². The van der Waals surface area contributed by atoms with E-state index < -0.39 is 0 Å². The summed E-state index contributed by atoms with van der Waals surface area (Å²) >= 11 is 6.21. The van der Waals surface area contributed by atoms with E-state index in [4.69, 9.17) is 18.0 Å². The summed E-state index contributed by atoms with van der Waals surface area (Å²) in [6.07, 6.45) is 3.49. The molecule has 0 bridgehead atoms. The van der Waals surface area contributed by atoms with Gasteiger partial charge in [0.15, 0.2) is 0 Å². The molecule has 1 saturated heterocycles. The molecule has 1 aliphatic rings. The normalized spacial score (nSPS) is 16.6. The summed E-state index contributed by atoms with van der Waals surface area (Å²) in [4.78, 5) is 15.5. The van der Waals surface area contributed by atoms with Gasteiger partial charge in [-0.2, -0.15) is 0 Å². The van der Waals surface area contributed by atoms with Gasteiger partial charge in [0.25, 0.3) is 5.91 Å². The van der Waals surface area contributed by atoms with Crippen LogP contribution in [-0.4, -0.2) is 38.5 Å². The Hall–Kier alpha value is -1.08. The Morgan fingerprint density at radius 3 is 2.79 bits per heavy atom. The zero-order chi connectivity index (χ0) is 13.8. The molecule has 0 spiro atoms. The van der Waals surface area contributed by atoms with Crippen LogP contribution in [0.3, 0.4) is 0 Å². The molecule has 7 heteroatoms. The van der Waals surface area contributed by atoms with E-state index >= 15 is 0 Å². The second kappa shape index (κ2) is 6.38. The largest absolute Gasteiger partial charge is 0.393 e. The second-order valence-electron chi connectivity index (χ2n) is 4.77. The third-order valence-corrected chi connectivity index (χ3v) is 4.51. The Labute approximate surface area is 122 Å². The molecule has 19 heavy (non-hydrogen) atoms. The number of piperidine rings is 1. The maximum absolute atomic E-state index is 12.4. The first kappa shape index (κ1) is 14.3. The lowest BCUT2D eigenvalue weighted by Gasteiger charge is -2.31. The van der Waals surface area contributed by atoms with Gasteiger partial charge < -0.3 is 10.6 Å². The minimum absolute atomic E-state index is 0.0554. The minimum Gasteiger partial charge on any atom is -0.393 e. The van der Waals surface area contributed by atoms with Gasteiger partial charge in [0.2, 0.25) is 0 Å². The molecule has 2 N–H and O–H groups in total. The van der Waals surface area contributed by atoms with Crippen molar-refractivity contribution in [2.75, 3.05) is 13.1 Å². The third-order valence-electron chi connectivity index (χ3n) is 3.42. The number of hydrogen-bond acceptors (Lipinski definition) is 5. The Bertz CT molecular complexity index is 466. The zero-order valence-electron chi connectivity index (χ0n) is 11.0. The standard InChI is InChI=1S/C12H18N4OS2/c1-2-3-9-10(19-15-14-9)12(17)16-6-4-8(5-7-16)11(13)18/h8H,2-7H2,1H3,(H2,13,18). The average molecular weight is 298 g/mol. The van der Waals surface area contributed by atoms with E-state index in [9.17, 15) is 4.79 Å². The number of likely N-dealkylation sites (tertiary alicyclic amines) is 1. The summed E-state index contributed by atoms with van der Waals surface area (Å²) in [6, 6.07) is 0. The molecule has 1 aliphatic heterocycles. The quantitative estimate of drug-likeness (QED) is 0.855. The average Bonchev–Trinajstić information content (AvgIpc) is 2.87. The lowest BCUT2D eigenvalue weighted by molar-refractivity contribution is 0.0714. The maximum atomic E-state index is 12.4. The summed E-state index contributed by atoms with van der Waals surface area (Å²) < 4.78 is 3.90. The number of carbonyl (C=O) groups excluding carboxylic acids is 1. The fourth-order valence-electron chi connectivity index (χ4n) is 2.28. The van der Waals surface area contributed by atoms with Gasteiger partial charge in [0.05, 0.1) is 10.7 Å². The van der Waals surface area contributed by atoms with Crippen molar-refractivity contribution in [3.63, 3.8) is 0 Å². The van der Waals surface area contributed by atoms with Crippen molar-refractivity contribution in [1.29, 1.82) is 0 Å². The van der Waals surface area contributed by atoms with Crippen LogP contribution in [0.2, 0.25) is 0 Å². The molecular weight excluding hydrogens is 280 g/mol. The molecule has 0 aromatic carbocycles. The van der Waals surface area contributed by atoms with Crippen molar-refractivity contribution < 1.29 is 4.79 Å². The van der Waals surface area contributed by atoms with Gasteiger partial charge in [0, 0.05) is 19.0 Å². The molecule has 0 saturated carbocycles. The van der Waals surface area contributed by atoms with Crippen LogP contribution in [0.15, 0.2) is 0 Å². The van der Waals surface area contributed by atoms with Crippen molar-refractivity contribution in [2.24, 2.45) is 11.7 Å². The smallest absolute Gasteiger partial charge is 0.267 e. The van der Waals surface area contributed by atoms with E-state index in [2.05, 4.69) is 16.5 Å². The third kappa shape index (κ3) is 3.27. The SMILES string of the molecule is CCCc1nnsc1C(=O)N1CCC(C(N)=S)CC1. The van der Waals surface area contributed by atoms with Crippen LogP contribution in [-0.2, 0) is 6.42 Å². The molecule has 1 aromatic heterocycles. The summed E-state index contributed by atoms with van der Waals surface area (Å²) in [5.74, 6) is 0.327. The van der Waals surface area contributed by atoms with Crippen LogP contribution in [0, 0.1) is 5.92 Å². The molecule has 1 fully saturated rings. The van der Waals surface area contributed by atoms with Crippen LogP contribution in [0.1, 0.15) is 41.6 Å². The van der Waals surface area contributed by atoms with E-state index in [1.165, 1.54) is 11.5 Å². The van der Waals surface area contributed by atoms with Gasteiger partial charge in [-0.05, 0) is 30.8 Å². The molecule has 0 aliphatic carbocycles. The topological polar surface area (TPSA) is 72.1 Å². The van der Waals surface area contributed by atoms with E-state index in [-0.39, 0.29) is 11.8 Å². The van der Waals surface area contributed by atoms with Crippen molar-refractivity contribution in [3.05, 3.63) is 10.6 Å². The monoisotopic (exact) mass is 298 g/mol. The first-order valence-corrected chi connectivity index (χ1v) is 7.71. The molecule has 104 valence electrons. The molecule has 0 atom stereocenters. The van der Waals surface area contributed by atoms with E-state index in [0.29, 0.717) is 23.0 Å². The molecular formula is C12H18N4OS2. The highest BCUT2D eigenvalue weighted by Crippen LogP contribution is 2.22. The molecule has 2 heterocycles. The van der Waals surface area contributed by atoms with Gasteiger partial charge in [-0.25, -0.2) is 0 Å². The number of aromatic nitrogens is 2. The first-order chi connectivity index (χ1) is 9.13. The number of nitrogens with two attached hydrogens (primary N) is 1. The van der Waals surface area contributed by atoms with Crippen molar-refractivity contribution in [2.45, 2.75) is 32.6 Å². The van der Waals surface area contributed by atoms with Gasteiger partial charge in [-0.1, -0.05) is 30.1 Å². The van der Waals surface area contributed by atoms with Crippen LogP contribution < -0.4 is 5.73 Å². The minimum atomic E-state index is 0.0554. The van der Waals surface area contributed by atoms with Gasteiger partial charge in [-0.15, -0.1) is 5.10 Å². The molecule has 1 aromatic rings. The highest BCUT2D eigenvalue weighted by molar-refractivity contribution is 7.80. The van der Waals surface area contributed by atoms with E-state index in [1.54, 1.807) is 0 Å². The molecule has 0 unspecified atom stereocenters. The predicted molar refractivity (Wildman–Crippen MR) is 79.3 cm³/mol. The first-order valence-electron chi connectivity index (χ1n) is 6.53. The summed E-state index contributed by atoms with van der Waals surface area (Å²) in [6.45, 7) is 3.50. The van der Waals surface area contributed by atoms with Crippen LogP contribution >= 0.6 is 23.8 Å². The Morgan fingerprint density at radius 2 is 2.21 bits per heavy atom. The fourth-order valence-corrected chi connectivity index (χ4v) is 3.19. The van der Waals surface area contributed by atoms with Crippen molar-refractivity contribution >= 4 is 34.6 Å². The number of hydrogen-bond donors (Lipinski definition) is 1. The summed E-state index contributed by atoms with van der Waals surface area (Å²) in [7, 11) is 0. The maximum Gasteiger partial charge on any atom is 0.267 e. The molecule has 5 nitrogen and oxygen atoms in total. The second-order valence-corrected chi connectivity index (χ2v) is 5.99. The van der Waals surface area contributed by atoms with E-state index in [0.717, 1.165) is 31.4 Å². The number of thiocarbonyl (C=S) groups is 1. The highest BCUT2D eigenvalue weighted by Gasteiger charge is 2.27. The summed E-state index contributed by atoms with van der Waals surface area (Å²) in [5, 5.41) is 4.05. The number of nitrogens with zero attached hydrogens (tertiary/aromatic N) is 3. The van der Waals surface area contributed by atoms with Gasteiger partial charge >= 0.3 is 0 Å². The molecule has 0 radical (unpaired) electrons. The Morgan fingerprint density at radius 1 is 1.53 bits per heavy atom. The Kier molecular flexibility index (Phi) is 4.81. The van der Waals surface area contributed by atoms with Crippen LogP contribution in [0.4, 0.5) is 0 Å². The molecule has 2 rings (SSSR count). The number of carbonyl (C=O) groups is 1. The van der Waals surface area contributed by atoms with Gasteiger partial charge in [-0.3, -0.25) is 4.79 Å².